The van der Waals surface area contributed by atoms with Crippen LogP contribution in [0.25, 0.3) is 0 Å². The molecule has 1 rings (SSSR count). The summed E-state index contributed by atoms with van der Waals surface area (Å²) >= 11 is 0. The molecule has 0 spiro atoms. The second-order valence-electron chi connectivity index (χ2n) is 5.10. The topological polar surface area (TPSA) is 44.1 Å². The quantitative estimate of drug-likeness (QED) is 0.713. The lowest BCUT2D eigenvalue weighted by molar-refractivity contribution is -0.136. The molecule has 1 unspecified atom stereocenters. The molecule has 0 heterocycles. The van der Waals surface area contributed by atoms with Crippen molar-refractivity contribution >= 4 is 5.91 Å². The summed E-state index contributed by atoms with van der Waals surface area (Å²) in [5, 5.41) is 8.48. The van der Waals surface area contributed by atoms with Crippen molar-refractivity contribution in [2.75, 3.05) is 13.6 Å². The Balaban J connectivity index is 2.57. The van der Waals surface area contributed by atoms with Crippen LogP contribution in [0, 0.1) is 22.7 Å². The minimum atomic E-state index is 0.137. The van der Waals surface area contributed by atoms with E-state index in [1.54, 1.807) is 11.9 Å². The van der Waals surface area contributed by atoms with E-state index in [9.17, 15) is 4.79 Å². The summed E-state index contributed by atoms with van der Waals surface area (Å²) in [5.41, 5.74) is 0.137. The molecule has 1 amide bonds. The van der Waals surface area contributed by atoms with Crippen LogP contribution in [0.5, 0.6) is 0 Å². The summed E-state index contributed by atoms with van der Waals surface area (Å²) < 4.78 is 0. The number of hydrogen-bond acceptors (Lipinski definition) is 2. The molecule has 0 aromatic heterocycles. The molecule has 0 aromatic carbocycles. The number of nitriles is 1. The molecule has 0 aromatic rings. The molecule has 0 radical (unpaired) electrons. The number of nitrogens with zero attached hydrogens (tertiary/aromatic N) is 2. The number of rotatable bonds is 3. The van der Waals surface area contributed by atoms with E-state index in [1.807, 2.05) is 0 Å². The van der Waals surface area contributed by atoms with Crippen molar-refractivity contribution in [1.29, 1.82) is 5.26 Å². The van der Waals surface area contributed by atoms with Gasteiger partial charge in [-0.3, -0.25) is 4.79 Å². The summed E-state index contributed by atoms with van der Waals surface area (Å²) in [6, 6.07) is 2.07. The first-order chi connectivity index (χ1) is 6.99. The van der Waals surface area contributed by atoms with Crippen LogP contribution in [0.1, 0.15) is 39.5 Å². The molecule has 0 N–H and O–H groups in total. The van der Waals surface area contributed by atoms with Gasteiger partial charge in [0, 0.05) is 19.5 Å². The van der Waals surface area contributed by atoms with Gasteiger partial charge < -0.3 is 4.90 Å². The SMILES string of the molecule is CN(CCC#N)C(=O)C1CCCC1(C)C. The van der Waals surface area contributed by atoms with Gasteiger partial charge in [0.05, 0.1) is 12.5 Å². The highest BCUT2D eigenvalue weighted by Crippen LogP contribution is 2.43. The Labute approximate surface area is 92.1 Å². The minimum Gasteiger partial charge on any atom is -0.344 e. The fraction of sp³-hybridized carbons (Fsp3) is 0.833. The van der Waals surface area contributed by atoms with Gasteiger partial charge in [0.1, 0.15) is 0 Å². The predicted molar refractivity (Wildman–Crippen MR) is 59.0 cm³/mol. The number of hydrogen-bond donors (Lipinski definition) is 0. The van der Waals surface area contributed by atoms with E-state index in [0.717, 1.165) is 19.3 Å². The second kappa shape index (κ2) is 4.65. The standard InChI is InChI=1S/C12H20N2O/c1-12(2)7-4-6-10(12)11(15)14(3)9-5-8-13/h10H,4-7,9H2,1-3H3. The van der Waals surface area contributed by atoms with E-state index in [1.165, 1.54) is 0 Å². The number of carbonyl (C=O) groups is 1. The molecule has 1 saturated carbocycles. The third kappa shape index (κ3) is 2.71. The molecular weight excluding hydrogens is 188 g/mol. The maximum absolute atomic E-state index is 12.1. The van der Waals surface area contributed by atoms with E-state index >= 15 is 0 Å². The molecule has 0 aliphatic heterocycles. The Kier molecular flexibility index (Phi) is 3.73. The van der Waals surface area contributed by atoms with Gasteiger partial charge in [0.2, 0.25) is 5.91 Å². The molecule has 15 heavy (non-hydrogen) atoms. The highest BCUT2D eigenvalue weighted by atomic mass is 16.2. The maximum atomic E-state index is 12.1. The van der Waals surface area contributed by atoms with Crippen molar-refractivity contribution in [3.8, 4) is 6.07 Å². The molecule has 0 saturated heterocycles. The first-order valence-electron chi connectivity index (χ1n) is 5.61. The summed E-state index contributed by atoms with van der Waals surface area (Å²) in [7, 11) is 1.80. The summed E-state index contributed by atoms with van der Waals surface area (Å²) in [5.74, 6) is 0.369. The monoisotopic (exact) mass is 208 g/mol. The normalized spacial score (nSPS) is 23.5. The Morgan fingerprint density at radius 1 is 1.60 bits per heavy atom. The van der Waals surface area contributed by atoms with Crippen LogP contribution >= 0.6 is 0 Å². The van der Waals surface area contributed by atoms with Crippen molar-refractivity contribution in [3.05, 3.63) is 0 Å². The zero-order chi connectivity index (χ0) is 11.5. The highest BCUT2D eigenvalue weighted by Gasteiger charge is 2.40. The number of amides is 1. The van der Waals surface area contributed by atoms with Gasteiger partial charge in [-0.05, 0) is 18.3 Å². The largest absolute Gasteiger partial charge is 0.344 e. The van der Waals surface area contributed by atoms with E-state index in [4.69, 9.17) is 5.26 Å². The van der Waals surface area contributed by atoms with Gasteiger partial charge in [0.25, 0.3) is 0 Å². The molecule has 1 aliphatic carbocycles. The zero-order valence-corrected chi connectivity index (χ0v) is 9.92. The van der Waals surface area contributed by atoms with Crippen LogP contribution < -0.4 is 0 Å². The second-order valence-corrected chi connectivity index (χ2v) is 5.10. The van der Waals surface area contributed by atoms with Crippen molar-refractivity contribution in [2.45, 2.75) is 39.5 Å². The Bertz CT molecular complexity index is 278. The maximum Gasteiger partial charge on any atom is 0.225 e. The van der Waals surface area contributed by atoms with Gasteiger partial charge >= 0.3 is 0 Å². The molecule has 1 aliphatic rings. The predicted octanol–water partition coefficient (Wildman–Crippen LogP) is 2.18. The van der Waals surface area contributed by atoms with Crippen LogP contribution in [0.2, 0.25) is 0 Å². The van der Waals surface area contributed by atoms with E-state index < -0.39 is 0 Å². The lowest BCUT2D eigenvalue weighted by Gasteiger charge is -2.29. The van der Waals surface area contributed by atoms with Gasteiger partial charge in [-0.25, -0.2) is 0 Å². The van der Waals surface area contributed by atoms with E-state index in [0.29, 0.717) is 13.0 Å². The van der Waals surface area contributed by atoms with Gasteiger partial charge in [-0.15, -0.1) is 0 Å². The summed E-state index contributed by atoms with van der Waals surface area (Å²) in [4.78, 5) is 13.8. The highest BCUT2D eigenvalue weighted by molar-refractivity contribution is 5.79. The van der Waals surface area contributed by atoms with Crippen molar-refractivity contribution in [2.24, 2.45) is 11.3 Å². The average molecular weight is 208 g/mol. The van der Waals surface area contributed by atoms with E-state index in [2.05, 4.69) is 19.9 Å². The van der Waals surface area contributed by atoms with Crippen molar-refractivity contribution in [3.63, 3.8) is 0 Å². The zero-order valence-electron chi connectivity index (χ0n) is 9.92. The van der Waals surface area contributed by atoms with Gasteiger partial charge in [0.15, 0.2) is 0 Å². The lowest BCUT2D eigenvalue weighted by atomic mass is 9.81. The lowest BCUT2D eigenvalue weighted by Crippen LogP contribution is -2.38. The molecule has 1 atom stereocenters. The molecule has 84 valence electrons. The van der Waals surface area contributed by atoms with Crippen molar-refractivity contribution in [1.82, 2.24) is 4.90 Å². The van der Waals surface area contributed by atoms with Gasteiger partial charge in [-0.1, -0.05) is 20.3 Å². The first kappa shape index (κ1) is 12.0. The van der Waals surface area contributed by atoms with Crippen LogP contribution in [-0.2, 0) is 4.79 Å². The van der Waals surface area contributed by atoms with Gasteiger partial charge in [-0.2, -0.15) is 5.26 Å². The van der Waals surface area contributed by atoms with Crippen LogP contribution in [0.4, 0.5) is 0 Å². The average Bonchev–Trinajstić information content (AvgIpc) is 2.53. The molecule has 1 fully saturated rings. The van der Waals surface area contributed by atoms with Crippen molar-refractivity contribution < 1.29 is 4.79 Å². The smallest absolute Gasteiger partial charge is 0.225 e. The van der Waals surface area contributed by atoms with Crippen LogP contribution in [0.15, 0.2) is 0 Å². The van der Waals surface area contributed by atoms with E-state index in [-0.39, 0.29) is 17.2 Å². The van der Waals surface area contributed by atoms with Crippen LogP contribution in [0.3, 0.4) is 0 Å². The summed E-state index contributed by atoms with van der Waals surface area (Å²) in [6.07, 6.45) is 3.71. The molecule has 3 heteroatoms. The molecular formula is C12H20N2O. The fourth-order valence-electron chi connectivity index (χ4n) is 2.38. The molecule has 3 nitrogen and oxygen atoms in total. The Morgan fingerprint density at radius 2 is 2.27 bits per heavy atom. The summed E-state index contributed by atoms with van der Waals surface area (Å²) in [6.45, 7) is 4.89. The fourth-order valence-corrected chi connectivity index (χ4v) is 2.38. The number of carbonyl (C=O) groups excluding carboxylic acids is 1. The Morgan fingerprint density at radius 3 is 2.73 bits per heavy atom. The van der Waals surface area contributed by atoms with Crippen LogP contribution in [-0.4, -0.2) is 24.4 Å². The first-order valence-corrected chi connectivity index (χ1v) is 5.61. The molecule has 0 bridgehead atoms. The minimum absolute atomic E-state index is 0.137. The Hall–Kier alpha value is -1.04. The third-order valence-electron chi connectivity index (χ3n) is 3.49. The third-order valence-corrected chi connectivity index (χ3v) is 3.49.